The van der Waals surface area contributed by atoms with Crippen LogP contribution in [0.1, 0.15) is 16.9 Å². The summed E-state index contributed by atoms with van der Waals surface area (Å²) in [5.41, 5.74) is 4.58. The first-order valence-corrected chi connectivity index (χ1v) is 8.44. The molecule has 0 unspecified atom stereocenters. The normalized spacial score (nSPS) is 11.0. The van der Waals surface area contributed by atoms with Crippen molar-refractivity contribution in [2.75, 3.05) is 18.4 Å². The van der Waals surface area contributed by atoms with Gasteiger partial charge in [0.05, 0.1) is 0 Å². The van der Waals surface area contributed by atoms with Gasteiger partial charge >= 0.3 is 0 Å². The zero-order chi connectivity index (χ0) is 17.8. The number of aromatic nitrogens is 4. The van der Waals surface area contributed by atoms with Crippen molar-refractivity contribution in [3.8, 4) is 11.4 Å². The summed E-state index contributed by atoms with van der Waals surface area (Å²) in [6, 6.07) is 3.83. The second-order valence-corrected chi connectivity index (χ2v) is 6.22. The van der Waals surface area contributed by atoms with Crippen molar-refractivity contribution in [1.82, 2.24) is 25.2 Å². The molecule has 3 aromatic rings. The number of aryl methyl sites for hydroxylation is 3. The summed E-state index contributed by atoms with van der Waals surface area (Å²) in [4.78, 5) is 4.09. The first-order valence-electron chi connectivity index (χ1n) is 8.06. The van der Waals surface area contributed by atoms with Gasteiger partial charge in [-0.3, -0.25) is 9.67 Å². The predicted octanol–water partition coefficient (Wildman–Crippen LogP) is 2.94. The second kappa shape index (κ2) is 7.67. The molecule has 132 valence electrons. The fourth-order valence-corrected chi connectivity index (χ4v) is 2.75. The van der Waals surface area contributed by atoms with E-state index < -0.39 is 0 Å². The number of hydrogen-bond acceptors (Lipinski definition) is 6. The summed E-state index contributed by atoms with van der Waals surface area (Å²) in [7, 11) is 1.82. The van der Waals surface area contributed by atoms with Crippen LogP contribution in [0.5, 0.6) is 0 Å². The highest BCUT2D eigenvalue weighted by molar-refractivity contribution is 6.30. The Bertz CT molecular complexity index is 857. The summed E-state index contributed by atoms with van der Waals surface area (Å²) >= 11 is 6.38. The van der Waals surface area contributed by atoms with Crippen LogP contribution in [0.25, 0.3) is 11.4 Å². The number of pyridine rings is 1. The summed E-state index contributed by atoms with van der Waals surface area (Å²) in [6.07, 6.45) is 3.63. The van der Waals surface area contributed by atoms with Gasteiger partial charge in [0.25, 0.3) is 0 Å². The molecule has 0 bridgehead atoms. The zero-order valence-corrected chi connectivity index (χ0v) is 15.3. The van der Waals surface area contributed by atoms with Gasteiger partial charge in [-0.25, -0.2) is 0 Å². The van der Waals surface area contributed by atoms with E-state index in [2.05, 4.69) is 25.9 Å². The summed E-state index contributed by atoms with van der Waals surface area (Å²) in [5.74, 6) is 0.743. The van der Waals surface area contributed by atoms with Gasteiger partial charge in [-0.2, -0.15) is 5.10 Å². The maximum Gasteiger partial charge on any atom is 0.134 e. The smallest absolute Gasteiger partial charge is 0.134 e. The van der Waals surface area contributed by atoms with Crippen molar-refractivity contribution in [2.24, 2.45) is 7.05 Å². The van der Waals surface area contributed by atoms with E-state index in [0.717, 1.165) is 41.4 Å². The number of halogens is 1. The molecule has 0 atom stereocenters. The summed E-state index contributed by atoms with van der Waals surface area (Å²) in [5, 5.41) is 15.9. The maximum absolute atomic E-state index is 6.38. The topological polar surface area (TPSA) is 80.8 Å². The van der Waals surface area contributed by atoms with Crippen LogP contribution in [-0.2, 0) is 13.6 Å². The Morgan fingerprint density at radius 1 is 1.28 bits per heavy atom. The minimum Gasteiger partial charge on any atom is -0.383 e. The molecule has 0 saturated heterocycles. The van der Waals surface area contributed by atoms with Crippen molar-refractivity contribution in [3.05, 3.63) is 46.6 Å². The highest BCUT2D eigenvalue weighted by Gasteiger charge is 2.18. The molecule has 0 saturated carbocycles. The lowest BCUT2D eigenvalue weighted by atomic mass is 10.2. The van der Waals surface area contributed by atoms with E-state index >= 15 is 0 Å². The number of rotatable bonds is 7. The molecule has 8 heteroatoms. The number of hydrogen-bond donors (Lipinski definition) is 2. The monoisotopic (exact) mass is 360 g/mol. The molecular weight excluding hydrogens is 340 g/mol. The average Bonchev–Trinajstić information content (AvgIpc) is 3.14. The highest BCUT2D eigenvalue weighted by atomic mass is 35.5. The van der Waals surface area contributed by atoms with E-state index in [-0.39, 0.29) is 0 Å². The average molecular weight is 361 g/mol. The van der Waals surface area contributed by atoms with E-state index in [1.807, 2.05) is 39.2 Å². The van der Waals surface area contributed by atoms with Crippen molar-refractivity contribution < 1.29 is 4.52 Å². The minimum atomic E-state index is 0.598. The van der Waals surface area contributed by atoms with Crippen molar-refractivity contribution in [3.63, 3.8) is 0 Å². The Labute approximate surface area is 151 Å². The van der Waals surface area contributed by atoms with E-state index in [9.17, 15) is 0 Å². The van der Waals surface area contributed by atoms with E-state index in [0.29, 0.717) is 17.4 Å². The molecule has 0 spiro atoms. The van der Waals surface area contributed by atoms with Crippen LogP contribution in [0.4, 0.5) is 5.69 Å². The fraction of sp³-hybridized carbons (Fsp3) is 0.353. The van der Waals surface area contributed by atoms with E-state index in [1.165, 1.54) is 0 Å². The second-order valence-electron chi connectivity index (χ2n) is 5.86. The summed E-state index contributed by atoms with van der Waals surface area (Å²) in [6.45, 7) is 6.06. The van der Waals surface area contributed by atoms with Crippen LogP contribution < -0.4 is 10.6 Å². The van der Waals surface area contributed by atoms with Gasteiger partial charge in [0, 0.05) is 56.4 Å². The SMILES string of the molecule is Cc1cc(-c2nn(C)c(Cl)c2CNCCNc2ccncc2C)no1. The Balaban J connectivity index is 1.59. The quantitative estimate of drug-likeness (QED) is 0.630. The molecule has 0 aromatic carbocycles. The molecule has 25 heavy (non-hydrogen) atoms. The first-order chi connectivity index (χ1) is 12.1. The lowest BCUT2D eigenvalue weighted by molar-refractivity contribution is 0.399. The Morgan fingerprint density at radius 2 is 2.12 bits per heavy atom. The van der Waals surface area contributed by atoms with Crippen molar-refractivity contribution >= 4 is 17.3 Å². The lowest BCUT2D eigenvalue weighted by Crippen LogP contribution is -2.22. The molecule has 3 aromatic heterocycles. The van der Waals surface area contributed by atoms with Crippen LogP contribution in [0.2, 0.25) is 5.15 Å². The molecule has 3 rings (SSSR count). The number of nitrogens with zero attached hydrogens (tertiary/aromatic N) is 4. The molecule has 7 nitrogen and oxygen atoms in total. The van der Waals surface area contributed by atoms with Crippen LogP contribution in [0.3, 0.4) is 0 Å². The van der Waals surface area contributed by atoms with Gasteiger partial charge in [-0.05, 0) is 25.5 Å². The Kier molecular flexibility index (Phi) is 5.35. The minimum absolute atomic E-state index is 0.598. The molecule has 0 fully saturated rings. The molecule has 0 amide bonds. The van der Waals surface area contributed by atoms with Gasteiger partial charge in [0.2, 0.25) is 0 Å². The third kappa shape index (κ3) is 4.00. The maximum atomic E-state index is 6.38. The van der Waals surface area contributed by atoms with Crippen molar-refractivity contribution in [2.45, 2.75) is 20.4 Å². The molecule has 0 aliphatic rings. The fourth-order valence-electron chi connectivity index (χ4n) is 2.56. The molecule has 0 aliphatic carbocycles. The van der Waals surface area contributed by atoms with Crippen LogP contribution in [0.15, 0.2) is 29.0 Å². The predicted molar refractivity (Wildman–Crippen MR) is 97.6 cm³/mol. The third-order valence-corrected chi connectivity index (χ3v) is 4.35. The van der Waals surface area contributed by atoms with Crippen molar-refractivity contribution in [1.29, 1.82) is 0 Å². The standard InChI is InChI=1S/C17H21ClN6O/c1-11-9-19-5-4-14(11)21-7-6-20-10-13-16(22-24(3)17(13)18)15-8-12(2)25-23-15/h4-5,8-9,20H,6-7,10H2,1-3H3,(H,19,21). The van der Waals surface area contributed by atoms with Gasteiger partial charge in [-0.1, -0.05) is 16.8 Å². The lowest BCUT2D eigenvalue weighted by Gasteiger charge is -2.09. The van der Waals surface area contributed by atoms with Crippen LogP contribution in [-0.4, -0.2) is 33.0 Å². The molecular formula is C17H21ClN6O. The van der Waals surface area contributed by atoms with Gasteiger partial charge < -0.3 is 15.2 Å². The Hall–Kier alpha value is -2.38. The molecule has 0 radical (unpaired) electrons. The molecule has 0 aliphatic heterocycles. The Morgan fingerprint density at radius 3 is 2.84 bits per heavy atom. The van der Waals surface area contributed by atoms with Gasteiger partial charge in [0.1, 0.15) is 22.3 Å². The largest absolute Gasteiger partial charge is 0.383 e. The van der Waals surface area contributed by atoms with Gasteiger partial charge in [0.15, 0.2) is 0 Å². The van der Waals surface area contributed by atoms with E-state index in [1.54, 1.807) is 10.9 Å². The highest BCUT2D eigenvalue weighted by Crippen LogP contribution is 2.27. The molecule has 3 heterocycles. The van der Waals surface area contributed by atoms with Crippen LogP contribution >= 0.6 is 11.6 Å². The molecule has 2 N–H and O–H groups in total. The van der Waals surface area contributed by atoms with Gasteiger partial charge in [-0.15, -0.1) is 0 Å². The number of nitrogens with one attached hydrogen (secondary N) is 2. The van der Waals surface area contributed by atoms with Crippen LogP contribution in [0, 0.1) is 13.8 Å². The summed E-state index contributed by atoms with van der Waals surface area (Å²) < 4.78 is 6.80. The van der Waals surface area contributed by atoms with E-state index in [4.69, 9.17) is 16.1 Å². The zero-order valence-electron chi connectivity index (χ0n) is 14.5. The number of anilines is 1. The first kappa shape index (κ1) is 17.4. The third-order valence-electron chi connectivity index (χ3n) is 3.88.